The Bertz CT molecular complexity index is 1020. The van der Waals surface area contributed by atoms with E-state index in [1.165, 1.54) is 17.0 Å². The zero-order valence-corrected chi connectivity index (χ0v) is 18.3. The van der Waals surface area contributed by atoms with Gasteiger partial charge >= 0.3 is 6.61 Å². The van der Waals surface area contributed by atoms with Gasteiger partial charge in [0.25, 0.3) is 5.91 Å². The fraction of sp³-hybridized carbons (Fsp3) is 0.333. The Labute approximate surface area is 186 Å². The van der Waals surface area contributed by atoms with Crippen LogP contribution in [0.3, 0.4) is 0 Å². The SMILES string of the molecule is CCOCC=C(CC)c1cccc(C2(c3ccc(OC(F)F)cc3)N=C(N)N(C)C2=O)c1. The summed E-state index contributed by atoms with van der Waals surface area (Å²) < 4.78 is 35.0. The summed E-state index contributed by atoms with van der Waals surface area (Å²) in [7, 11) is 1.56. The number of hydrogen-bond donors (Lipinski definition) is 1. The molecule has 0 saturated carbocycles. The van der Waals surface area contributed by atoms with Crippen LogP contribution in [0.2, 0.25) is 0 Å². The number of rotatable bonds is 9. The molecule has 1 aliphatic heterocycles. The van der Waals surface area contributed by atoms with Gasteiger partial charge in [-0.25, -0.2) is 4.99 Å². The fourth-order valence-corrected chi connectivity index (χ4v) is 3.75. The molecule has 32 heavy (non-hydrogen) atoms. The van der Waals surface area contributed by atoms with Crippen LogP contribution in [0.4, 0.5) is 8.78 Å². The first-order chi connectivity index (χ1) is 15.3. The van der Waals surface area contributed by atoms with E-state index in [-0.39, 0.29) is 17.6 Å². The summed E-state index contributed by atoms with van der Waals surface area (Å²) in [4.78, 5) is 19.3. The Morgan fingerprint density at radius 3 is 2.47 bits per heavy atom. The molecule has 0 bridgehead atoms. The Balaban J connectivity index is 2.11. The van der Waals surface area contributed by atoms with Crippen LogP contribution < -0.4 is 10.5 Å². The third-order valence-corrected chi connectivity index (χ3v) is 5.42. The molecule has 1 atom stereocenters. The van der Waals surface area contributed by atoms with Crippen molar-refractivity contribution in [2.45, 2.75) is 32.4 Å². The first kappa shape index (κ1) is 23.4. The lowest BCUT2D eigenvalue weighted by atomic mass is 9.81. The highest BCUT2D eigenvalue weighted by Crippen LogP contribution is 2.40. The van der Waals surface area contributed by atoms with Gasteiger partial charge < -0.3 is 15.2 Å². The van der Waals surface area contributed by atoms with E-state index in [1.807, 2.05) is 44.2 Å². The van der Waals surface area contributed by atoms with Crippen molar-refractivity contribution in [1.29, 1.82) is 0 Å². The number of hydrogen-bond acceptors (Lipinski definition) is 5. The number of carbonyl (C=O) groups is 1. The molecule has 0 aromatic heterocycles. The summed E-state index contributed by atoms with van der Waals surface area (Å²) in [5.41, 5.74) is 7.76. The van der Waals surface area contributed by atoms with Gasteiger partial charge in [0.2, 0.25) is 0 Å². The molecule has 1 aliphatic rings. The average molecular weight is 443 g/mol. The summed E-state index contributed by atoms with van der Waals surface area (Å²) in [6.45, 7) is 2.17. The highest BCUT2D eigenvalue weighted by Gasteiger charge is 2.49. The summed E-state index contributed by atoms with van der Waals surface area (Å²) in [5, 5.41) is 0. The van der Waals surface area contributed by atoms with Crippen molar-refractivity contribution in [2.24, 2.45) is 10.7 Å². The van der Waals surface area contributed by atoms with E-state index in [9.17, 15) is 13.6 Å². The number of alkyl halides is 2. The number of ether oxygens (including phenoxy) is 2. The number of nitrogens with zero attached hydrogens (tertiary/aromatic N) is 2. The molecule has 2 N–H and O–H groups in total. The molecule has 1 heterocycles. The number of likely N-dealkylation sites (N-methyl/N-ethyl adjacent to an activating group) is 1. The maximum absolute atomic E-state index is 13.4. The monoisotopic (exact) mass is 443 g/mol. The van der Waals surface area contributed by atoms with Gasteiger partial charge in [-0.3, -0.25) is 9.69 Å². The van der Waals surface area contributed by atoms with Crippen LogP contribution in [-0.4, -0.2) is 43.6 Å². The van der Waals surface area contributed by atoms with Gasteiger partial charge in [-0.2, -0.15) is 8.78 Å². The second-order valence-electron chi connectivity index (χ2n) is 7.27. The molecule has 0 spiro atoms. The molecule has 0 fully saturated rings. The largest absolute Gasteiger partial charge is 0.435 e. The van der Waals surface area contributed by atoms with Gasteiger partial charge in [0.1, 0.15) is 5.75 Å². The van der Waals surface area contributed by atoms with Crippen molar-refractivity contribution in [3.63, 3.8) is 0 Å². The summed E-state index contributed by atoms with van der Waals surface area (Å²) in [6.07, 6.45) is 2.80. The standard InChI is InChI=1S/C24H27F2N3O3/c1-4-16(13-14-31-5-2)17-7-6-8-19(15-17)24(21(30)29(3)23(27)28-24)18-9-11-20(12-10-18)32-22(25)26/h6-13,15,22H,4-5,14H2,1-3H3,(H2,27,28). The predicted molar refractivity (Wildman–Crippen MR) is 119 cm³/mol. The summed E-state index contributed by atoms with van der Waals surface area (Å²) in [6, 6.07) is 13.5. The van der Waals surface area contributed by atoms with E-state index in [0.29, 0.717) is 24.3 Å². The second kappa shape index (κ2) is 9.91. The lowest BCUT2D eigenvalue weighted by molar-refractivity contribution is -0.129. The maximum atomic E-state index is 13.4. The molecule has 0 aliphatic carbocycles. The van der Waals surface area contributed by atoms with Gasteiger partial charge in [0.15, 0.2) is 11.5 Å². The molecule has 0 saturated heterocycles. The van der Waals surface area contributed by atoms with E-state index < -0.39 is 12.2 Å². The van der Waals surface area contributed by atoms with Crippen molar-refractivity contribution >= 4 is 17.4 Å². The van der Waals surface area contributed by atoms with Gasteiger partial charge in [-0.1, -0.05) is 43.3 Å². The van der Waals surface area contributed by atoms with Gasteiger partial charge in [0, 0.05) is 13.7 Å². The minimum Gasteiger partial charge on any atom is -0.435 e. The van der Waals surface area contributed by atoms with Crippen molar-refractivity contribution in [1.82, 2.24) is 4.90 Å². The van der Waals surface area contributed by atoms with E-state index in [4.69, 9.17) is 10.5 Å². The zero-order chi connectivity index (χ0) is 23.3. The minimum absolute atomic E-state index is 0.00414. The number of benzene rings is 2. The molecule has 1 amide bonds. The second-order valence-corrected chi connectivity index (χ2v) is 7.27. The zero-order valence-electron chi connectivity index (χ0n) is 18.3. The molecule has 3 rings (SSSR count). The fourth-order valence-electron chi connectivity index (χ4n) is 3.75. The highest BCUT2D eigenvalue weighted by molar-refractivity contribution is 6.09. The Morgan fingerprint density at radius 2 is 1.91 bits per heavy atom. The number of carbonyl (C=O) groups excluding carboxylic acids is 1. The predicted octanol–water partition coefficient (Wildman–Crippen LogP) is 4.15. The first-order valence-corrected chi connectivity index (χ1v) is 10.4. The van der Waals surface area contributed by atoms with Crippen LogP contribution in [0.25, 0.3) is 5.57 Å². The summed E-state index contributed by atoms with van der Waals surface area (Å²) >= 11 is 0. The average Bonchev–Trinajstić information content (AvgIpc) is 3.02. The number of guanidine groups is 1. The number of halogens is 2. The minimum atomic E-state index is -2.93. The normalized spacial score (nSPS) is 18.9. The Kier molecular flexibility index (Phi) is 7.25. The lowest BCUT2D eigenvalue weighted by Gasteiger charge is -2.27. The maximum Gasteiger partial charge on any atom is 0.387 e. The lowest BCUT2D eigenvalue weighted by Crippen LogP contribution is -2.41. The molecule has 2 aromatic rings. The molecular weight excluding hydrogens is 416 g/mol. The van der Waals surface area contributed by atoms with Gasteiger partial charge in [-0.05, 0) is 53.8 Å². The number of nitrogens with two attached hydrogens (primary N) is 1. The molecule has 2 aromatic carbocycles. The molecule has 1 unspecified atom stereocenters. The molecule has 0 radical (unpaired) electrons. The van der Waals surface area contributed by atoms with Crippen LogP contribution in [-0.2, 0) is 15.1 Å². The Hall–Kier alpha value is -3.26. The van der Waals surface area contributed by atoms with Crippen molar-refractivity contribution < 1.29 is 23.0 Å². The van der Waals surface area contributed by atoms with Crippen molar-refractivity contribution in [2.75, 3.05) is 20.3 Å². The third kappa shape index (κ3) is 4.50. The van der Waals surface area contributed by atoms with Crippen molar-refractivity contribution in [3.8, 4) is 5.75 Å². The number of amides is 1. The smallest absolute Gasteiger partial charge is 0.387 e. The van der Waals surface area contributed by atoms with Gasteiger partial charge in [-0.15, -0.1) is 0 Å². The van der Waals surface area contributed by atoms with Crippen LogP contribution in [0.5, 0.6) is 5.75 Å². The van der Waals surface area contributed by atoms with E-state index in [2.05, 4.69) is 9.73 Å². The van der Waals surface area contributed by atoms with Crippen LogP contribution in [0, 0.1) is 0 Å². The number of aliphatic imine (C=N–C) groups is 1. The quantitative estimate of drug-likeness (QED) is 0.591. The van der Waals surface area contributed by atoms with E-state index in [0.717, 1.165) is 17.6 Å². The number of allylic oxidation sites excluding steroid dienone is 1. The third-order valence-electron chi connectivity index (χ3n) is 5.42. The highest BCUT2D eigenvalue weighted by atomic mass is 19.3. The molecule has 170 valence electrons. The Morgan fingerprint density at radius 1 is 1.19 bits per heavy atom. The van der Waals surface area contributed by atoms with E-state index >= 15 is 0 Å². The molecule has 8 heteroatoms. The first-order valence-electron chi connectivity index (χ1n) is 10.4. The topological polar surface area (TPSA) is 77.2 Å². The summed E-state index contributed by atoms with van der Waals surface area (Å²) in [5.74, 6) is -0.252. The van der Waals surface area contributed by atoms with Crippen LogP contribution >= 0.6 is 0 Å². The van der Waals surface area contributed by atoms with E-state index in [1.54, 1.807) is 19.2 Å². The molecule has 6 nitrogen and oxygen atoms in total. The van der Waals surface area contributed by atoms with Gasteiger partial charge in [0.05, 0.1) is 6.61 Å². The van der Waals surface area contributed by atoms with Crippen LogP contribution in [0.1, 0.15) is 37.0 Å². The van der Waals surface area contributed by atoms with Crippen LogP contribution in [0.15, 0.2) is 59.6 Å². The van der Waals surface area contributed by atoms with Crippen molar-refractivity contribution in [3.05, 3.63) is 71.3 Å². The molecular formula is C24H27F2N3O3.